The third-order valence-electron chi connectivity index (χ3n) is 6.84. The average molecular weight is 467 g/mol. The van der Waals surface area contributed by atoms with Gasteiger partial charge in [0.15, 0.2) is 0 Å². The fraction of sp³-hybridized carbons (Fsp3) is 0.520. The molecule has 9 nitrogen and oxygen atoms in total. The number of anilines is 1. The zero-order valence-corrected chi connectivity index (χ0v) is 19.8. The Morgan fingerprint density at radius 3 is 2.41 bits per heavy atom. The average Bonchev–Trinajstić information content (AvgIpc) is 2.85. The van der Waals surface area contributed by atoms with E-state index in [0.29, 0.717) is 38.0 Å². The number of carbonyl (C=O) groups is 2. The lowest BCUT2D eigenvalue weighted by atomic mass is 9.93. The number of amides is 2. The fourth-order valence-electron chi connectivity index (χ4n) is 4.80. The van der Waals surface area contributed by atoms with Crippen LogP contribution in [0, 0.1) is 5.92 Å². The predicted molar refractivity (Wildman–Crippen MR) is 130 cm³/mol. The molecular formula is C25H34N6O3. The molecular weight excluding hydrogens is 432 g/mol. The van der Waals surface area contributed by atoms with Crippen molar-refractivity contribution in [2.24, 2.45) is 5.92 Å². The van der Waals surface area contributed by atoms with Gasteiger partial charge in [-0.2, -0.15) is 0 Å². The molecule has 0 aliphatic carbocycles. The first-order valence-electron chi connectivity index (χ1n) is 12.1. The Bertz CT molecular complexity index is 947. The molecule has 4 rings (SSSR count). The fourth-order valence-corrected chi connectivity index (χ4v) is 4.80. The van der Waals surface area contributed by atoms with Crippen LogP contribution in [-0.4, -0.2) is 82.2 Å². The van der Waals surface area contributed by atoms with E-state index in [0.717, 1.165) is 26.1 Å². The van der Waals surface area contributed by atoms with Crippen molar-refractivity contribution >= 4 is 17.9 Å². The molecule has 2 amide bonds. The number of hydrogen-bond donors (Lipinski definition) is 2. The smallest absolute Gasteiger partial charge is 0.338 e. The van der Waals surface area contributed by atoms with Gasteiger partial charge >= 0.3 is 12.0 Å². The summed E-state index contributed by atoms with van der Waals surface area (Å²) in [6.07, 6.45) is 6.01. The van der Waals surface area contributed by atoms with Crippen LogP contribution >= 0.6 is 0 Å². The number of nitrogens with one attached hydrogen (secondary N) is 1. The number of urea groups is 1. The molecule has 2 fully saturated rings. The number of aromatic nitrogens is 2. The molecule has 34 heavy (non-hydrogen) atoms. The van der Waals surface area contributed by atoms with Crippen molar-refractivity contribution in [3.05, 3.63) is 53.9 Å². The standard InChI is InChI=1S/C25H34N6O3/c1-19-17-30(24-27-15-22(16-28-24)23(32)33)13-14-31(19)25(34)26-10-7-20-8-11-29(12-9-20)18-21-5-3-2-4-6-21/h2-6,15-16,19-20H,7-14,17-18H2,1H3,(H,26,34)(H,32,33)/t19-/m1/s1. The summed E-state index contributed by atoms with van der Waals surface area (Å²) in [6, 6.07) is 10.6. The van der Waals surface area contributed by atoms with Gasteiger partial charge in [-0.25, -0.2) is 19.6 Å². The zero-order valence-electron chi connectivity index (χ0n) is 19.8. The molecule has 0 bridgehead atoms. The number of nitrogens with zero attached hydrogens (tertiary/aromatic N) is 5. The Morgan fingerprint density at radius 1 is 1.06 bits per heavy atom. The van der Waals surface area contributed by atoms with Crippen LogP contribution in [0.4, 0.5) is 10.7 Å². The molecule has 0 spiro atoms. The molecule has 0 radical (unpaired) electrons. The van der Waals surface area contributed by atoms with Crippen molar-refractivity contribution in [2.75, 3.05) is 44.2 Å². The summed E-state index contributed by atoms with van der Waals surface area (Å²) in [7, 11) is 0. The molecule has 2 aliphatic heterocycles. The number of likely N-dealkylation sites (tertiary alicyclic amines) is 1. The minimum atomic E-state index is -1.04. The number of carboxylic acid groups (broad SMARTS) is 1. The van der Waals surface area contributed by atoms with Gasteiger partial charge in [-0.15, -0.1) is 0 Å². The van der Waals surface area contributed by atoms with E-state index in [1.165, 1.54) is 30.8 Å². The highest BCUT2D eigenvalue weighted by molar-refractivity contribution is 5.86. The molecule has 1 atom stereocenters. The number of aromatic carboxylic acids is 1. The minimum absolute atomic E-state index is 0.0118. The monoisotopic (exact) mass is 466 g/mol. The van der Waals surface area contributed by atoms with Crippen molar-refractivity contribution in [1.29, 1.82) is 0 Å². The maximum Gasteiger partial charge on any atom is 0.338 e. The Hall–Kier alpha value is -3.20. The van der Waals surface area contributed by atoms with Crippen molar-refractivity contribution < 1.29 is 14.7 Å². The molecule has 182 valence electrons. The summed E-state index contributed by atoms with van der Waals surface area (Å²) in [4.78, 5) is 38.5. The van der Waals surface area contributed by atoms with Gasteiger partial charge in [0.1, 0.15) is 0 Å². The lowest BCUT2D eigenvalue weighted by molar-refractivity contribution is 0.0696. The third kappa shape index (κ3) is 6.22. The molecule has 2 N–H and O–H groups in total. The van der Waals surface area contributed by atoms with Crippen molar-refractivity contribution in [3.63, 3.8) is 0 Å². The first-order chi connectivity index (χ1) is 16.5. The summed E-state index contributed by atoms with van der Waals surface area (Å²) >= 11 is 0. The Morgan fingerprint density at radius 2 is 1.76 bits per heavy atom. The summed E-state index contributed by atoms with van der Waals surface area (Å²) in [5, 5.41) is 12.1. The number of benzene rings is 1. The quantitative estimate of drug-likeness (QED) is 0.647. The second-order valence-electron chi connectivity index (χ2n) is 9.29. The van der Waals surface area contributed by atoms with Crippen LogP contribution in [0.25, 0.3) is 0 Å². The van der Waals surface area contributed by atoms with Gasteiger partial charge in [-0.05, 0) is 50.8 Å². The lowest BCUT2D eigenvalue weighted by Gasteiger charge is -2.39. The Kier molecular flexibility index (Phi) is 7.95. The molecule has 0 unspecified atom stereocenters. The van der Waals surface area contributed by atoms with Crippen LogP contribution < -0.4 is 10.2 Å². The van der Waals surface area contributed by atoms with Gasteiger partial charge in [0.2, 0.25) is 5.95 Å². The first-order valence-corrected chi connectivity index (χ1v) is 12.1. The number of carbonyl (C=O) groups excluding carboxylic acids is 1. The second kappa shape index (κ2) is 11.3. The van der Waals surface area contributed by atoms with Crippen LogP contribution in [-0.2, 0) is 6.54 Å². The van der Waals surface area contributed by atoms with Crippen molar-refractivity contribution in [3.8, 4) is 0 Å². The SMILES string of the molecule is C[C@@H]1CN(c2ncc(C(=O)O)cn2)CCN1C(=O)NCCC1CCN(Cc2ccccc2)CC1. The van der Waals surface area contributed by atoms with Gasteiger partial charge in [0, 0.05) is 51.2 Å². The third-order valence-corrected chi connectivity index (χ3v) is 6.84. The number of piperidine rings is 1. The van der Waals surface area contributed by atoms with Crippen LogP contribution in [0.15, 0.2) is 42.7 Å². The van der Waals surface area contributed by atoms with E-state index in [4.69, 9.17) is 5.11 Å². The van der Waals surface area contributed by atoms with Crippen LogP contribution in [0.1, 0.15) is 42.1 Å². The molecule has 9 heteroatoms. The van der Waals surface area contributed by atoms with E-state index in [1.807, 2.05) is 16.7 Å². The molecule has 0 saturated carbocycles. The molecule has 2 saturated heterocycles. The largest absolute Gasteiger partial charge is 0.478 e. The van der Waals surface area contributed by atoms with Crippen LogP contribution in [0.2, 0.25) is 0 Å². The summed E-state index contributed by atoms with van der Waals surface area (Å²) in [6.45, 7) is 7.76. The van der Waals surface area contributed by atoms with Crippen LogP contribution in [0.5, 0.6) is 0 Å². The van der Waals surface area contributed by atoms with E-state index >= 15 is 0 Å². The van der Waals surface area contributed by atoms with E-state index in [9.17, 15) is 9.59 Å². The molecule has 2 aliphatic rings. The summed E-state index contributed by atoms with van der Waals surface area (Å²) < 4.78 is 0. The Labute approximate surface area is 200 Å². The molecule has 1 aromatic carbocycles. The number of rotatable bonds is 7. The highest BCUT2D eigenvalue weighted by Gasteiger charge is 2.29. The second-order valence-corrected chi connectivity index (χ2v) is 9.29. The minimum Gasteiger partial charge on any atom is -0.478 e. The molecule has 1 aromatic heterocycles. The van der Waals surface area contributed by atoms with E-state index in [1.54, 1.807) is 0 Å². The zero-order chi connectivity index (χ0) is 23.9. The van der Waals surface area contributed by atoms with Gasteiger partial charge in [-0.1, -0.05) is 30.3 Å². The number of carboxylic acids is 1. The van der Waals surface area contributed by atoms with E-state index < -0.39 is 5.97 Å². The summed E-state index contributed by atoms with van der Waals surface area (Å²) in [5.74, 6) is 0.113. The van der Waals surface area contributed by atoms with Gasteiger partial charge in [0.05, 0.1) is 5.56 Å². The maximum absolute atomic E-state index is 12.8. The van der Waals surface area contributed by atoms with E-state index in [2.05, 4.69) is 50.5 Å². The summed E-state index contributed by atoms with van der Waals surface area (Å²) in [5.41, 5.74) is 1.43. The normalized spacial score (nSPS) is 19.7. The first kappa shape index (κ1) is 23.9. The van der Waals surface area contributed by atoms with Gasteiger partial charge in [0.25, 0.3) is 0 Å². The van der Waals surface area contributed by atoms with Crippen molar-refractivity contribution in [1.82, 2.24) is 25.1 Å². The maximum atomic E-state index is 12.8. The predicted octanol–water partition coefficient (Wildman–Crippen LogP) is 2.70. The Balaban J connectivity index is 1.15. The number of piperazine rings is 1. The van der Waals surface area contributed by atoms with Crippen LogP contribution in [0.3, 0.4) is 0 Å². The topological polar surface area (TPSA) is 102 Å². The molecule has 3 heterocycles. The van der Waals surface area contributed by atoms with Gasteiger partial charge < -0.3 is 20.2 Å². The van der Waals surface area contributed by atoms with E-state index in [-0.39, 0.29) is 17.6 Å². The highest BCUT2D eigenvalue weighted by atomic mass is 16.4. The highest BCUT2D eigenvalue weighted by Crippen LogP contribution is 2.22. The van der Waals surface area contributed by atoms with Crippen molar-refractivity contribution in [2.45, 2.75) is 38.8 Å². The number of hydrogen-bond acceptors (Lipinski definition) is 6. The van der Waals surface area contributed by atoms with Gasteiger partial charge in [-0.3, -0.25) is 4.90 Å². The molecule has 2 aromatic rings. The lowest BCUT2D eigenvalue weighted by Crippen LogP contribution is -2.57.